The molecule has 28 heavy (non-hydrogen) atoms. The van der Waals surface area contributed by atoms with E-state index in [1.807, 2.05) is 98.4 Å². The highest BCUT2D eigenvalue weighted by Gasteiger charge is 2.17. The molecule has 0 bridgehead atoms. The lowest BCUT2D eigenvalue weighted by atomic mass is 10.0. The topological polar surface area (TPSA) is 46.9 Å². The molecule has 0 fully saturated rings. The summed E-state index contributed by atoms with van der Waals surface area (Å²) in [4.78, 5) is 18.0. The molecule has 0 unspecified atom stereocenters. The third-order valence-corrected chi connectivity index (χ3v) is 5.06. The monoisotopic (exact) mass is 369 g/mol. The number of benzene rings is 2. The first-order valence-corrected chi connectivity index (χ1v) is 9.42. The van der Waals surface area contributed by atoms with Gasteiger partial charge in [0.25, 0.3) is 5.91 Å². The molecule has 4 aromatic rings. The Kier molecular flexibility index (Phi) is 4.70. The van der Waals surface area contributed by atoms with Gasteiger partial charge in [0, 0.05) is 18.6 Å². The summed E-state index contributed by atoms with van der Waals surface area (Å²) in [6.45, 7) is 4.03. The fraction of sp³-hybridized carbons (Fsp3) is 0.167. The number of rotatable bonds is 4. The van der Waals surface area contributed by atoms with Crippen molar-refractivity contribution in [3.8, 4) is 11.4 Å². The molecule has 1 atom stereocenters. The Labute approximate surface area is 164 Å². The number of hydrogen-bond acceptors (Lipinski definition) is 2. The molecule has 2 aromatic carbocycles. The van der Waals surface area contributed by atoms with E-state index in [9.17, 15) is 4.79 Å². The molecular formula is C24H23N3O. The molecule has 140 valence electrons. The lowest BCUT2D eigenvalue weighted by Gasteiger charge is -2.16. The predicted molar refractivity (Wildman–Crippen MR) is 113 cm³/mol. The van der Waals surface area contributed by atoms with E-state index < -0.39 is 0 Å². The number of hydrogen-bond donors (Lipinski definition) is 1. The number of aryl methyl sites for hydroxylation is 2. The number of fused-ring (bicyclic) bond motifs is 1. The van der Waals surface area contributed by atoms with Gasteiger partial charge in [0.2, 0.25) is 0 Å². The molecule has 0 saturated heterocycles. The zero-order chi connectivity index (χ0) is 19.7. The summed E-state index contributed by atoms with van der Waals surface area (Å²) in [6, 6.07) is 21.8. The molecule has 4 rings (SSSR count). The van der Waals surface area contributed by atoms with E-state index in [1.165, 1.54) is 0 Å². The zero-order valence-corrected chi connectivity index (χ0v) is 16.3. The Balaban J connectivity index is 1.79. The van der Waals surface area contributed by atoms with E-state index in [0.717, 1.165) is 33.4 Å². The first-order chi connectivity index (χ1) is 13.5. The molecule has 0 spiro atoms. The molecular weight excluding hydrogens is 346 g/mol. The SMILES string of the molecule is Cc1ccc2nc(-c3cccn3C)cc(C(=O)N[C@@H](C)c3ccccc3)c2c1. The largest absolute Gasteiger partial charge is 0.349 e. The van der Waals surface area contributed by atoms with Gasteiger partial charge < -0.3 is 9.88 Å². The van der Waals surface area contributed by atoms with E-state index in [-0.39, 0.29) is 11.9 Å². The number of aromatic nitrogens is 2. The molecule has 0 radical (unpaired) electrons. The lowest BCUT2D eigenvalue weighted by Crippen LogP contribution is -2.27. The number of amides is 1. The third kappa shape index (κ3) is 3.41. The predicted octanol–water partition coefficient (Wildman–Crippen LogP) is 5.04. The summed E-state index contributed by atoms with van der Waals surface area (Å²) in [6.07, 6.45) is 1.98. The number of carbonyl (C=O) groups excluding carboxylic acids is 1. The van der Waals surface area contributed by atoms with Crippen LogP contribution in [0.25, 0.3) is 22.3 Å². The van der Waals surface area contributed by atoms with Gasteiger partial charge in [-0.1, -0.05) is 42.0 Å². The summed E-state index contributed by atoms with van der Waals surface area (Å²) < 4.78 is 2.01. The number of pyridine rings is 1. The van der Waals surface area contributed by atoms with Gasteiger partial charge in [-0.3, -0.25) is 4.79 Å². The van der Waals surface area contributed by atoms with Gasteiger partial charge in [-0.15, -0.1) is 0 Å². The smallest absolute Gasteiger partial charge is 0.252 e. The van der Waals surface area contributed by atoms with Crippen molar-refractivity contribution in [2.24, 2.45) is 7.05 Å². The van der Waals surface area contributed by atoms with Crippen LogP contribution in [0.4, 0.5) is 0 Å². The third-order valence-electron chi connectivity index (χ3n) is 5.06. The standard InChI is InChI=1S/C24H23N3O/c1-16-11-12-21-19(14-16)20(15-22(26-21)23-10-7-13-27(23)3)24(28)25-17(2)18-8-5-4-6-9-18/h4-15,17H,1-3H3,(H,25,28)/t17-/m0/s1. The molecule has 1 N–H and O–H groups in total. The quantitative estimate of drug-likeness (QED) is 0.548. The molecule has 1 amide bonds. The van der Waals surface area contributed by atoms with Gasteiger partial charge in [0.1, 0.15) is 0 Å². The fourth-order valence-corrected chi connectivity index (χ4v) is 3.49. The Morgan fingerprint density at radius 2 is 1.82 bits per heavy atom. The summed E-state index contributed by atoms with van der Waals surface area (Å²) in [7, 11) is 1.98. The summed E-state index contributed by atoms with van der Waals surface area (Å²) in [5.41, 5.74) is 5.42. The Morgan fingerprint density at radius 1 is 1.04 bits per heavy atom. The Bertz CT molecular complexity index is 1150. The van der Waals surface area contributed by atoms with Gasteiger partial charge in [0.15, 0.2) is 0 Å². The zero-order valence-electron chi connectivity index (χ0n) is 16.3. The van der Waals surface area contributed by atoms with E-state index in [2.05, 4.69) is 5.32 Å². The van der Waals surface area contributed by atoms with Crippen molar-refractivity contribution in [3.63, 3.8) is 0 Å². The normalized spacial score (nSPS) is 12.1. The van der Waals surface area contributed by atoms with Crippen molar-refractivity contribution < 1.29 is 4.79 Å². The average molecular weight is 369 g/mol. The van der Waals surface area contributed by atoms with Crippen molar-refractivity contribution >= 4 is 16.8 Å². The fourth-order valence-electron chi connectivity index (χ4n) is 3.49. The highest BCUT2D eigenvalue weighted by molar-refractivity contribution is 6.07. The van der Waals surface area contributed by atoms with Crippen molar-refractivity contribution in [1.82, 2.24) is 14.9 Å². The molecule has 0 aliphatic carbocycles. The van der Waals surface area contributed by atoms with Crippen molar-refractivity contribution in [3.05, 3.63) is 89.6 Å². The summed E-state index contributed by atoms with van der Waals surface area (Å²) >= 11 is 0. The van der Waals surface area contributed by atoms with Crippen molar-refractivity contribution in [1.29, 1.82) is 0 Å². The van der Waals surface area contributed by atoms with Crippen LogP contribution in [0.3, 0.4) is 0 Å². The number of nitrogens with zero attached hydrogens (tertiary/aromatic N) is 2. The van der Waals surface area contributed by atoms with E-state index in [0.29, 0.717) is 5.56 Å². The van der Waals surface area contributed by atoms with E-state index in [4.69, 9.17) is 4.98 Å². The maximum atomic E-state index is 13.2. The number of nitrogens with one attached hydrogen (secondary N) is 1. The van der Waals surface area contributed by atoms with Gasteiger partial charge in [-0.2, -0.15) is 0 Å². The second-order valence-corrected chi connectivity index (χ2v) is 7.19. The molecule has 4 heteroatoms. The number of carbonyl (C=O) groups is 1. The first-order valence-electron chi connectivity index (χ1n) is 9.42. The van der Waals surface area contributed by atoms with E-state index >= 15 is 0 Å². The van der Waals surface area contributed by atoms with Crippen LogP contribution in [0.2, 0.25) is 0 Å². The van der Waals surface area contributed by atoms with Gasteiger partial charge in [-0.25, -0.2) is 4.98 Å². The molecule has 0 aliphatic heterocycles. The van der Waals surface area contributed by atoms with Crippen LogP contribution in [0.15, 0.2) is 72.9 Å². The van der Waals surface area contributed by atoms with Crippen LogP contribution < -0.4 is 5.32 Å². The van der Waals surface area contributed by atoms with Crippen LogP contribution in [0.1, 0.15) is 34.5 Å². The second-order valence-electron chi connectivity index (χ2n) is 7.19. The Morgan fingerprint density at radius 3 is 2.54 bits per heavy atom. The van der Waals surface area contributed by atoms with Gasteiger partial charge in [-0.05, 0) is 49.7 Å². The highest BCUT2D eigenvalue weighted by Crippen LogP contribution is 2.26. The minimum Gasteiger partial charge on any atom is -0.349 e. The highest BCUT2D eigenvalue weighted by atomic mass is 16.1. The van der Waals surface area contributed by atoms with Crippen LogP contribution in [0, 0.1) is 6.92 Å². The molecule has 2 aromatic heterocycles. The van der Waals surface area contributed by atoms with Crippen LogP contribution in [-0.4, -0.2) is 15.5 Å². The van der Waals surface area contributed by atoms with Crippen molar-refractivity contribution in [2.45, 2.75) is 19.9 Å². The molecule has 0 aliphatic rings. The Hall–Kier alpha value is -3.40. The maximum Gasteiger partial charge on any atom is 0.252 e. The first kappa shape index (κ1) is 18.0. The maximum absolute atomic E-state index is 13.2. The van der Waals surface area contributed by atoms with Crippen molar-refractivity contribution in [2.75, 3.05) is 0 Å². The van der Waals surface area contributed by atoms with Crippen LogP contribution in [0.5, 0.6) is 0 Å². The molecule has 4 nitrogen and oxygen atoms in total. The minimum atomic E-state index is -0.0928. The van der Waals surface area contributed by atoms with Gasteiger partial charge >= 0.3 is 0 Å². The van der Waals surface area contributed by atoms with Gasteiger partial charge in [0.05, 0.1) is 28.5 Å². The minimum absolute atomic E-state index is 0.0831. The van der Waals surface area contributed by atoms with Crippen LogP contribution >= 0.6 is 0 Å². The summed E-state index contributed by atoms with van der Waals surface area (Å²) in [5.74, 6) is -0.0928. The lowest BCUT2D eigenvalue weighted by molar-refractivity contribution is 0.0941. The average Bonchev–Trinajstić information content (AvgIpc) is 3.13. The summed E-state index contributed by atoms with van der Waals surface area (Å²) in [5, 5.41) is 4.01. The molecule has 0 saturated carbocycles. The van der Waals surface area contributed by atoms with Crippen LogP contribution in [-0.2, 0) is 7.05 Å². The second kappa shape index (κ2) is 7.31. The molecule has 2 heterocycles. The van der Waals surface area contributed by atoms with E-state index in [1.54, 1.807) is 0 Å².